The molecular formula is C26H24ClN5O. The highest BCUT2D eigenvalue weighted by Gasteiger charge is 2.44. The van der Waals surface area contributed by atoms with Crippen LogP contribution in [0.3, 0.4) is 0 Å². The standard InChI is InChI=1S/C26H24ClN5O/c27-18-11-9-17(10-12-18)15-24-28-29-30-32(24)25-14-13-19(16-33)31(25)26-22-7-3-1-5-20(22)21-6-2-4-8-23(21)26/h1-12,19,25-26,33H,13-16H2/t19-,25-/m0/s1. The molecule has 1 aliphatic carbocycles. The highest BCUT2D eigenvalue weighted by atomic mass is 35.5. The van der Waals surface area contributed by atoms with Crippen molar-refractivity contribution in [2.24, 2.45) is 0 Å². The van der Waals surface area contributed by atoms with Crippen LogP contribution in [0.5, 0.6) is 0 Å². The molecule has 1 aromatic heterocycles. The number of hydrogen-bond donors (Lipinski definition) is 1. The Morgan fingerprint density at radius 2 is 1.55 bits per heavy atom. The highest BCUT2D eigenvalue weighted by Crippen LogP contribution is 2.51. The molecule has 1 fully saturated rings. The van der Waals surface area contributed by atoms with Gasteiger partial charge in [-0.2, -0.15) is 0 Å². The summed E-state index contributed by atoms with van der Waals surface area (Å²) in [4.78, 5) is 2.42. The van der Waals surface area contributed by atoms with Crippen LogP contribution in [0.15, 0.2) is 72.8 Å². The number of likely N-dealkylation sites (tertiary alicyclic amines) is 1. The van der Waals surface area contributed by atoms with Crippen molar-refractivity contribution in [2.75, 3.05) is 6.61 Å². The quantitative estimate of drug-likeness (QED) is 0.472. The van der Waals surface area contributed by atoms with E-state index in [0.29, 0.717) is 11.4 Å². The average molecular weight is 458 g/mol. The van der Waals surface area contributed by atoms with E-state index in [2.05, 4.69) is 69.0 Å². The first-order valence-electron chi connectivity index (χ1n) is 11.3. The maximum atomic E-state index is 10.3. The van der Waals surface area contributed by atoms with Gasteiger partial charge in [-0.15, -0.1) is 5.10 Å². The van der Waals surface area contributed by atoms with Crippen molar-refractivity contribution in [3.63, 3.8) is 0 Å². The Bertz CT molecular complexity index is 1240. The lowest BCUT2D eigenvalue weighted by atomic mass is 10.0. The number of nitrogens with zero attached hydrogens (tertiary/aromatic N) is 5. The Morgan fingerprint density at radius 1 is 0.879 bits per heavy atom. The monoisotopic (exact) mass is 457 g/mol. The van der Waals surface area contributed by atoms with Gasteiger partial charge in [-0.05, 0) is 63.2 Å². The number of halogens is 1. The molecule has 0 unspecified atom stereocenters. The largest absolute Gasteiger partial charge is 0.395 e. The molecule has 2 heterocycles. The van der Waals surface area contributed by atoms with E-state index in [1.165, 1.54) is 22.3 Å². The van der Waals surface area contributed by atoms with Crippen molar-refractivity contribution in [2.45, 2.75) is 37.5 Å². The molecule has 0 spiro atoms. The number of hydrogen-bond acceptors (Lipinski definition) is 5. The van der Waals surface area contributed by atoms with Crippen molar-refractivity contribution >= 4 is 11.6 Å². The van der Waals surface area contributed by atoms with Gasteiger partial charge in [0.15, 0.2) is 5.82 Å². The molecule has 0 amide bonds. The minimum Gasteiger partial charge on any atom is -0.395 e. The van der Waals surface area contributed by atoms with E-state index in [4.69, 9.17) is 11.6 Å². The van der Waals surface area contributed by atoms with Crippen molar-refractivity contribution in [1.82, 2.24) is 25.1 Å². The third-order valence-electron chi connectivity index (χ3n) is 6.95. The fraction of sp³-hybridized carbons (Fsp3) is 0.269. The zero-order valence-electron chi connectivity index (χ0n) is 18.0. The first kappa shape index (κ1) is 20.5. The van der Waals surface area contributed by atoms with Gasteiger partial charge in [0, 0.05) is 17.5 Å². The maximum absolute atomic E-state index is 10.3. The molecule has 3 aromatic carbocycles. The summed E-state index contributed by atoms with van der Waals surface area (Å²) < 4.78 is 1.95. The Hall–Kier alpha value is -3.06. The van der Waals surface area contributed by atoms with Gasteiger partial charge in [-0.1, -0.05) is 72.3 Å². The molecule has 1 aliphatic heterocycles. The Balaban J connectivity index is 1.41. The van der Waals surface area contributed by atoms with Gasteiger partial charge in [0.2, 0.25) is 0 Å². The van der Waals surface area contributed by atoms with Crippen LogP contribution in [0, 0.1) is 0 Å². The van der Waals surface area contributed by atoms with E-state index in [9.17, 15) is 5.11 Å². The SMILES string of the molecule is OC[C@@H]1CC[C@H](n2nnnc2Cc2ccc(Cl)cc2)N1C1c2ccccc2-c2ccccc21. The van der Waals surface area contributed by atoms with Crippen LogP contribution in [0.1, 0.15) is 47.6 Å². The second-order valence-corrected chi connectivity index (χ2v) is 9.20. The molecule has 1 N–H and O–H groups in total. The van der Waals surface area contributed by atoms with Crippen LogP contribution in [0.25, 0.3) is 11.1 Å². The first-order valence-corrected chi connectivity index (χ1v) is 11.7. The molecule has 4 aromatic rings. The van der Waals surface area contributed by atoms with Crippen LogP contribution in [-0.4, -0.2) is 42.9 Å². The van der Waals surface area contributed by atoms with Crippen LogP contribution in [0.2, 0.25) is 5.02 Å². The fourth-order valence-electron chi connectivity index (χ4n) is 5.50. The summed E-state index contributed by atoms with van der Waals surface area (Å²) in [5.41, 5.74) is 6.18. The molecular weight excluding hydrogens is 434 g/mol. The van der Waals surface area contributed by atoms with Crippen LogP contribution in [-0.2, 0) is 6.42 Å². The highest BCUT2D eigenvalue weighted by molar-refractivity contribution is 6.30. The summed E-state index contributed by atoms with van der Waals surface area (Å²) in [5, 5.41) is 23.8. The van der Waals surface area contributed by atoms with Crippen molar-refractivity contribution in [1.29, 1.82) is 0 Å². The Labute approximate surface area is 197 Å². The van der Waals surface area contributed by atoms with Crippen molar-refractivity contribution < 1.29 is 5.11 Å². The van der Waals surface area contributed by atoms with Gasteiger partial charge in [0.05, 0.1) is 12.6 Å². The lowest BCUT2D eigenvalue weighted by molar-refractivity contribution is 0.0650. The number of rotatable bonds is 5. The Morgan fingerprint density at radius 3 is 2.21 bits per heavy atom. The van der Waals surface area contributed by atoms with Gasteiger partial charge in [0.1, 0.15) is 6.17 Å². The molecule has 0 saturated carbocycles. The number of tetrazole rings is 1. The number of benzene rings is 3. The van der Waals surface area contributed by atoms with E-state index in [1.807, 2.05) is 28.9 Å². The van der Waals surface area contributed by atoms with Gasteiger partial charge in [-0.3, -0.25) is 4.90 Å². The second kappa shape index (κ2) is 8.37. The molecule has 33 heavy (non-hydrogen) atoms. The predicted molar refractivity (Wildman–Crippen MR) is 127 cm³/mol. The number of aromatic nitrogens is 4. The third kappa shape index (κ3) is 3.46. The number of aliphatic hydroxyl groups excluding tert-OH is 1. The number of fused-ring (bicyclic) bond motifs is 3. The maximum Gasteiger partial charge on any atom is 0.157 e. The normalized spacial score (nSPS) is 20.2. The topological polar surface area (TPSA) is 67.1 Å². The van der Waals surface area contributed by atoms with E-state index < -0.39 is 0 Å². The summed E-state index contributed by atoms with van der Waals surface area (Å²) in [6, 6.07) is 25.1. The van der Waals surface area contributed by atoms with Gasteiger partial charge in [-0.25, -0.2) is 4.68 Å². The van der Waals surface area contributed by atoms with Gasteiger partial charge in [0.25, 0.3) is 0 Å². The van der Waals surface area contributed by atoms with Crippen LogP contribution < -0.4 is 0 Å². The molecule has 0 bridgehead atoms. The molecule has 166 valence electrons. The van der Waals surface area contributed by atoms with E-state index in [0.717, 1.165) is 24.2 Å². The molecule has 7 heteroatoms. The van der Waals surface area contributed by atoms with E-state index in [-0.39, 0.29) is 24.9 Å². The Kier molecular flexibility index (Phi) is 5.21. The van der Waals surface area contributed by atoms with E-state index >= 15 is 0 Å². The minimum absolute atomic E-state index is 0.0341. The molecule has 0 radical (unpaired) electrons. The average Bonchev–Trinajstić information content (AvgIpc) is 3.55. The summed E-state index contributed by atoms with van der Waals surface area (Å²) in [7, 11) is 0. The number of aliphatic hydroxyl groups is 1. The summed E-state index contributed by atoms with van der Waals surface area (Å²) in [6.07, 6.45) is 2.35. The van der Waals surface area contributed by atoms with Gasteiger partial charge >= 0.3 is 0 Å². The minimum atomic E-state index is -0.0383. The van der Waals surface area contributed by atoms with E-state index in [1.54, 1.807) is 0 Å². The molecule has 2 atom stereocenters. The summed E-state index contributed by atoms with van der Waals surface area (Å²) >= 11 is 6.06. The summed E-state index contributed by atoms with van der Waals surface area (Å²) in [5.74, 6) is 0.811. The predicted octanol–water partition coefficient (Wildman–Crippen LogP) is 4.64. The molecule has 6 nitrogen and oxygen atoms in total. The lowest BCUT2D eigenvalue weighted by Gasteiger charge is -2.36. The fourth-order valence-corrected chi connectivity index (χ4v) is 5.62. The molecule has 1 saturated heterocycles. The van der Waals surface area contributed by atoms with Gasteiger partial charge < -0.3 is 5.11 Å². The zero-order chi connectivity index (χ0) is 22.4. The third-order valence-corrected chi connectivity index (χ3v) is 7.20. The smallest absolute Gasteiger partial charge is 0.157 e. The molecule has 6 rings (SSSR count). The van der Waals surface area contributed by atoms with Crippen LogP contribution >= 0.6 is 11.6 Å². The van der Waals surface area contributed by atoms with Crippen molar-refractivity contribution in [3.05, 3.63) is 100 Å². The first-order chi connectivity index (χ1) is 16.2. The lowest BCUT2D eigenvalue weighted by Crippen LogP contribution is -2.40. The molecule has 2 aliphatic rings. The van der Waals surface area contributed by atoms with Crippen LogP contribution in [0.4, 0.5) is 0 Å². The van der Waals surface area contributed by atoms with Crippen molar-refractivity contribution in [3.8, 4) is 11.1 Å². The second-order valence-electron chi connectivity index (χ2n) is 8.76. The zero-order valence-corrected chi connectivity index (χ0v) is 18.8. The summed E-state index contributed by atoms with van der Waals surface area (Å²) in [6.45, 7) is 0.103.